The number of hydrogen-bond donors (Lipinski definition) is 11. The van der Waals surface area contributed by atoms with Gasteiger partial charge in [-0.1, -0.05) is 0 Å². The van der Waals surface area contributed by atoms with Crippen LogP contribution in [-0.4, -0.2) is 199 Å². The Balaban J connectivity index is 1.34. The van der Waals surface area contributed by atoms with Crippen molar-refractivity contribution in [2.24, 2.45) is 5.92 Å². The molecule has 0 bridgehead atoms. The molecule has 482 valence electrons. The number of nitro groups is 3. The molecule has 3 aromatic rings. The number of alkyl carbamates (subject to hydrolysis) is 3. The number of rotatable bonds is 25. The van der Waals surface area contributed by atoms with E-state index in [9.17, 15) is 85.0 Å². The zero-order chi connectivity index (χ0) is 64.6. The molecule has 1 saturated carbocycles. The Morgan fingerprint density at radius 1 is 0.750 bits per heavy atom. The maximum atomic E-state index is 14.2. The van der Waals surface area contributed by atoms with Crippen LogP contribution in [-0.2, 0) is 57.8 Å². The molecule has 1 saturated heterocycles. The van der Waals surface area contributed by atoms with Crippen LogP contribution < -0.4 is 26.6 Å². The maximum absolute atomic E-state index is 14.2. The van der Waals surface area contributed by atoms with Gasteiger partial charge in [0.15, 0.2) is 6.29 Å². The number of nitrogens with zero attached hydrogens (tertiary/aromatic N) is 4. The summed E-state index contributed by atoms with van der Waals surface area (Å²) in [7, 11) is 1.24. The van der Waals surface area contributed by atoms with Gasteiger partial charge in [-0.15, -0.1) is 0 Å². The second-order valence-electron chi connectivity index (χ2n) is 22.3. The Morgan fingerprint density at radius 3 is 1.74 bits per heavy atom. The zero-order valence-electron chi connectivity index (χ0n) is 48.5. The number of carbonyl (C=O) groups is 5. The number of carbonyl (C=O) groups excluding carboxylic acids is 5. The van der Waals surface area contributed by atoms with Crippen molar-refractivity contribution in [1.29, 1.82) is 0 Å². The molecule has 1 aliphatic carbocycles. The minimum atomic E-state index is -2.03. The third kappa shape index (κ3) is 19.5. The van der Waals surface area contributed by atoms with Gasteiger partial charge in [0.2, 0.25) is 5.91 Å². The lowest BCUT2D eigenvalue weighted by Crippen LogP contribution is -2.71. The van der Waals surface area contributed by atoms with Crippen molar-refractivity contribution in [2.45, 2.75) is 145 Å². The number of hydrogen-bond acceptors (Lipinski definition) is 25. The number of ether oxygens (including phenoxy) is 7. The van der Waals surface area contributed by atoms with E-state index in [2.05, 4.69) is 26.6 Å². The second-order valence-corrected chi connectivity index (χ2v) is 22.3. The third-order valence-corrected chi connectivity index (χ3v) is 14.3. The lowest BCUT2D eigenvalue weighted by atomic mass is 9.72. The minimum Gasteiger partial charge on any atom is -0.491 e. The fourth-order valence-electron chi connectivity index (χ4n) is 9.95. The van der Waals surface area contributed by atoms with Crippen LogP contribution in [0.5, 0.6) is 0 Å². The number of nitrogens with one attached hydrogen (secondary N) is 5. The van der Waals surface area contributed by atoms with Crippen LogP contribution in [0.2, 0.25) is 0 Å². The molecule has 6 rings (SSSR count). The zero-order valence-corrected chi connectivity index (χ0v) is 48.5. The molecule has 0 radical (unpaired) electrons. The summed E-state index contributed by atoms with van der Waals surface area (Å²) in [5.41, 5.74) is -2.62. The molecule has 3 aromatic carbocycles. The van der Waals surface area contributed by atoms with Crippen molar-refractivity contribution in [3.05, 3.63) is 132 Å². The normalized spacial score (nSPS) is 25.0. The molecule has 2 heterocycles. The highest BCUT2D eigenvalue weighted by Crippen LogP contribution is 2.39. The first-order valence-corrected chi connectivity index (χ1v) is 27.7. The van der Waals surface area contributed by atoms with E-state index in [0.29, 0.717) is 16.7 Å². The summed E-state index contributed by atoms with van der Waals surface area (Å²) in [4.78, 5) is 101. The molecule has 33 nitrogen and oxygen atoms in total. The molecular weight excluding hydrogens is 1170 g/mol. The Hall–Kier alpha value is -8.41. The molecular formula is C55H73N9O24. The molecule has 13 atom stereocenters. The van der Waals surface area contributed by atoms with Gasteiger partial charge < -0.3 is 95.3 Å². The summed E-state index contributed by atoms with van der Waals surface area (Å²) in [6, 6.07) is 9.65. The van der Waals surface area contributed by atoms with E-state index in [0.717, 1.165) is 4.90 Å². The second kappa shape index (κ2) is 31.0. The van der Waals surface area contributed by atoms with E-state index >= 15 is 0 Å². The van der Waals surface area contributed by atoms with Crippen LogP contribution in [0.3, 0.4) is 0 Å². The summed E-state index contributed by atoms with van der Waals surface area (Å²) in [6.07, 6.45) is -15.9. The number of nitro benzene ring substituents is 3. The van der Waals surface area contributed by atoms with Gasteiger partial charge in [-0.3, -0.25) is 35.1 Å². The Labute approximate surface area is 502 Å². The molecule has 2 unspecified atom stereocenters. The van der Waals surface area contributed by atoms with Crippen LogP contribution in [0.1, 0.15) is 63.6 Å². The van der Waals surface area contributed by atoms with Crippen LogP contribution in [0, 0.1) is 36.3 Å². The number of non-ortho nitro benzene ring substituents is 3. The molecule has 11 N–H and O–H groups in total. The summed E-state index contributed by atoms with van der Waals surface area (Å²) in [6.45, 7) is 3.06. The average molecular weight is 1240 g/mol. The number of aliphatic hydroxyl groups is 6. The predicted molar refractivity (Wildman–Crippen MR) is 301 cm³/mol. The van der Waals surface area contributed by atoms with Crippen LogP contribution in [0.25, 0.3) is 0 Å². The molecule has 3 aliphatic rings. The van der Waals surface area contributed by atoms with Crippen molar-refractivity contribution in [2.75, 3.05) is 39.9 Å². The van der Waals surface area contributed by atoms with E-state index in [1.54, 1.807) is 26.8 Å². The largest absolute Gasteiger partial charge is 0.491 e. The fraction of sp³-hybridized carbons (Fsp3) is 0.545. The van der Waals surface area contributed by atoms with Crippen molar-refractivity contribution in [3.63, 3.8) is 0 Å². The number of likely N-dealkylation sites (N-methyl/N-ethyl adjacent to an activating group) is 1. The Bertz CT molecular complexity index is 2930. The van der Waals surface area contributed by atoms with Gasteiger partial charge in [-0.2, -0.15) is 0 Å². The van der Waals surface area contributed by atoms with Crippen molar-refractivity contribution >= 4 is 47.3 Å². The quantitative estimate of drug-likeness (QED) is 0.0326. The molecule has 88 heavy (non-hydrogen) atoms. The van der Waals surface area contributed by atoms with Gasteiger partial charge in [0.1, 0.15) is 61.2 Å². The van der Waals surface area contributed by atoms with Gasteiger partial charge in [-0.25, -0.2) is 19.2 Å². The topological polar surface area (TPSA) is 464 Å². The highest BCUT2D eigenvalue weighted by atomic mass is 16.7. The van der Waals surface area contributed by atoms with Gasteiger partial charge in [0.05, 0.1) is 64.9 Å². The molecule has 0 aromatic heterocycles. The Kier molecular flexibility index (Phi) is 24.2. The molecule has 2 aliphatic heterocycles. The van der Waals surface area contributed by atoms with Crippen LogP contribution in [0.15, 0.2) is 84.6 Å². The monoisotopic (exact) mass is 1240 g/mol. The lowest BCUT2D eigenvalue weighted by molar-refractivity contribution is -0.385. The fourth-order valence-corrected chi connectivity index (χ4v) is 9.95. The predicted octanol–water partition coefficient (Wildman–Crippen LogP) is 1.55. The maximum Gasteiger partial charge on any atom is 0.410 e. The highest BCUT2D eigenvalue weighted by Gasteiger charge is 2.56. The van der Waals surface area contributed by atoms with Gasteiger partial charge >= 0.3 is 24.4 Å². The first kappa shape index (κ1) is 68.7. The standard InChI is InChI=1S/C55H73N9O24/c1-54(2,3)88-53(74)61(5)47-44(69)49(85-29-55(47,4)75)87-46-40(58-48(70)41(67)20-21-57-50(71)82-26-30-6-12-33(13-7-30)62(76)77)22-39(60-52(73)84-28-32-10-16-35(17-11-32)64(80)81)42(43(46)68)45-38(19-18-37(86-45)24-56-23-36(66)25-65)59-51(72)83-27-31-8-14-34(15-9-31)63(78)79/h6-18,36,38-47,49,56,65-69,75H,19-29H2,1-5H3,(H,57,71)(H,58,70)(H,59,72)(H,60,73)/t36?,38-,39+,40-,41-,42?,43+,44-,45+,46+,47-,49-,55+/m1/s1. The van der Waals surface area contributed by atoms with Crippen LogP contribution in [0.4, 0.5) is 36.2 Å². The average Bonchev–Trinajstić information content (AvgIpc) is 1.02. The summed E-state index contributed by atoms with van der Waals surface area (Å²) < 4.78 is 40.7. The van der Waals surface area contributed by atoms with E-state index in [4.69, 9.17) is 33.2 Å². The van der Waals surface area contributed by atoms with Gasteiger partial charge in [0, 0.05) is 68.5 Å². The SMILES string of the molecule is CN(C(=O)OC(C)(C)C)[C@@H]1[C@@H](O)[C@@H](O[C@H]2[C@H](NC(=O)[C@H](O)CCNC(=O)OCc3ccc([N+](=O)[O-])cc3)C[C@H](NC(=O)OCc3ccc([N+](=O)[O-])cc3)C([C@H]3OC(CNCC(O)CO)=CC[C@H]3NC(=O)OCc3ccc([N+](=O)[O-])cc3)[C@@H]2O)OC[C@]1(C)O. The first-order chi connectivity index (χ1) is 41.5. The third-order valence-electron chi connectivity index (χ3n) is 14.3. The van der Waals surface area contributed by atoms with E-state index in [1.165, 1.54) is 86.8 Å². The minimum absolute atomic E-state index is 0.0912. The van der Waals surface area contributed by atoms with Crippen molar-refractivity contribution < 1.29 is 103 Å². The highest BCUT2D eigenvalue weighted by molar-refractivity contribution is 5.81. The number of amides is 5. The summed E-state index contributed by atoms with van der Waals surface area (Å²) in [5.74, 6) is -2.49. The first-order valence-electron chi connectivity index (χ1n) is 27.7. The van der Waals surface area contributed by atoms with E-state index < -0.39 is 162 Å². The smallest absolute Gasteiger partial charge is 0.410 e. The molecule has 0 spiro atoms. The van der Waals surface area contributed by atoms with Crippen LogP contribution >= 0.6 is 0 Å². The lowest BCUT2D eigenvalue weighted by Gasteiger charge is -2.52. The molecule has 5 amide bonds. The van der Waals surface area contributed by atoms with Gasteiger partial charge in [0.25, 0.3) is 17.1 Å². The van der Waals surface area contributed by atoms with Gasteiger partial charge in [-0.05, 0) is 106 Å². The summed E-state index contributed by atoms with van der Waals surface area (Å²) >= 11 is 0. The van der Waals surface area contributed by atoms with Crippen molar-refractivity contribution in [3.8, 4) is 0 Å². The van der Waals surface area contributed by atoms with E-state index in [-0.39, 0.29) is 62.1 Å². The van der Waals surface area contributed by atoms with E-state index in [1.807, 2.05) is 0 Å². The van der Waals surface area contributed by atoms with Crippen molar-refractivity contribution in [1.82, 2.24) is 31.5 Å². The Morgan fingerprint density at radius 2 is 1.25 bits per heavy atom. The molecule has 33 heteroatoms. The number of aliphatic hydroxyl groups excluding tert-OH is 5. The summed E-state index contributed by atoms with van der Waals surface area (Å²) in [5, 5.41) is 115. The molecule has 2 fully saturated rings. The number of benzene rings is 3.